The number of unbranched alkanes of at least 4 members (excludes halogenated alkanes) is 1. The van der Waals surface area contributed by atoms with Crippen LogP contribution in [0.1, 0.15) is 26.2 Å². The van der Waals surface area contributed by atoms with Gasteiger partial charge in [0.05, 0.1) is 0 Å². The first-order chi connectivity index (χ1) is 8.31. The average Bonchev–Trinajstić information content (AvgIpc) is 2.37. The minimum Gasteiger partial charge on any atom is -0.480 e. The molecule has 0 aliphatic carbocycles. The molecule has 2 heteroatoms. The van der Waals surface area contributed by atoms with Gasteiger partial charge in [0.1, 0.15) is 9.86 Å². The van der Waals surface area contributed by atoms with Crippen molar-refractivity contribution in [2.75, 3.05) is 0 Å². The molecular weight excluding hydrogens is 323 g/mol. The first-order valence-electron chi connectivity index (χ1n) is 6.09. The fraction of sp³-hybridized carbons (Fsp3) is 0.333. The molecule has 0 heterocycles. The van der Waals surface area contributed by atoms with Crippen LogP contribution in [0.4, 0.5) is 0 Å². The van der Waals surface area contributed by atoms with Crippen molar-refractivity contribution in [3.8, 4) is 5.75 Å². The highest BCUT2D eigenvalue weighted by Gasteiger charge is 2.07. The zero-order valence-corrected chi connectivity index (χ0v) is 12.2. The van der Waals surface area contributed by atoms with E-state index in [4.69, 9.17) is 4.74 Å². The zero-order chi connectivity index (χ0) is 12.1. The van der Waals surface area contributed by atoms with E-state index in [0.29, 0.717) is 0 Å². The molecule has 0 N–H and O–H groups in total. The Kier molecular flexibility index (Phi) is 4.66. The summed E-state index contributed by atoms with van der Waals surface area (Å²) in [5.74, 6) is 0.999. The number of halogens is 1. The Morgan fingerprint density at radius 2 is 1.88 bits per heavy atom. The van der Waals surface area contributed by atoms with E-state index in [1.54, 1.807) is 0 Å². The van der Waals surface area contributed by atoms with E-state index in [2.05, 4.69) is 72.0 Å². The van der Waals surface area contributed by atoms with Crippen molar-refractivity contribution in [3.05, 3.63) is 42.5 Å². The number of ether oxygens (including phenoxy) is 1. The van der Waals surface area contributed by atoms with Gasteiger partial charge in [0.2, 0.25) is 0 Å². The third-order valence-corrected chi connectivity index (χ3v) is 3.67. The third-order valence-electron chi connectivity index (χ3n) is 2.79. The smallest absolute Gasteiger partial charge is 0.149 e. The van der Waals surface area contributed by atoms with Crippen molar-refractivity contribution in [2.24, 2.45) is 0 Å². The van der Waals surface area contributed by atoms with E-state index < -0.39 is 0 Å². The molecule has 0 spiro atoms. The summed E-state index contributed by atoms with van der Waals surface area (Å²) in [5, 5.41) is 2.44. The van der Waals surface area contributed by atoms with Crippen LogP contribution in [-0.4, -0.2) is 4.11 Å². The lowest BCUT2D eigenvalue weighted by Crippen LogP contribution is -2.07. The van der Waals surface area contributed by atoms with Crippen LogP contribution in [0, 0.1) is 0 Å². The highest BCUT2D eigenvalue weighted by atomic mass is 127. The quantitative estimate of drug-likeness (QED) is 0.539. The maximum Gasteiger partial charge on any atom is 0.149 e. The number of hydrogen-bond donors (Lipinski definition) is 0. The Labute approximate surface area is 116 Å². The monoisotopic (exact) mass is 340 g/mol. The van der Waals surface area contributed by atoms with Gasteiger partial charge in [-0.3, -0.25) is 0 Å². The highest BCUT2D eigenvalue weighted by Crippen LogP contribution is 2.28. The van der Waals surface area contributed by atoms with Crippen LogP contribution in [-0.2, 0) is 0 Å². The molecule has 17 heavy (non-hydrogen) atoms. The van der Waals surface area contributed by atoms with Crippen LogP contribution in [0.25, 0.3) is 10.8 Å². The molecule has 0 aliphatic heterocycles. The van der Waals surface area contributed by atoms with E-state index >= 15 is 0 Å². The predicted molar refractivity (Wildman–Crippen MR) is 81.9 cm³/mol. The van der Waals surface area contributed by atoms with Crippen LogP contribution >= 0.6 is 22.6 Å². The van der Waals surface area contributed by atoms with Crippen LogP contribution in [0.2, 0.25) is 0 Å². The SMILES string of the molecule is CCCCC(I)Oc1cccc2ccccc12. The van der Waals surface area contributed by atoms with Gasteiger partial charge in [-0.2, -0.15) is 0 Å². The first kappa shape index (κ1) is 12.7. The lowest BCUT2D eigenvalue weighted by atomic mass is 10.1. The molecule has 0 saturated carbocycles. The minimum absolute atomic E-state index is 0.262. The Hall–Kier alpha value is -0.770. The maximum atomic E-state index is 6.02. The lowest BCUT2D eigenvalue weighted by molar-refractivity contribution is 0.291. The molecule has 0 aliphatic rings. The van der Waals surface area contributed by atoms with E-state index in [1.165, 1.54) is 23.6 Å². The van der Waals surface area contributed by atoms with Gasteiger partial charge in [-0.1, -0.05) is 49.7 Å². The largest absolute Gasteiger partial charge is 0.480 e. The van der Waals surface area contributed by atoms with Crippen molar-refractivity contribution in [1.29, 1.82) is 0 Å². The summed E-state index contributed by atoms with van der Waals surface area (Å²) in [6.45, 7) is 2.21. The summed E-state index contributed by atoms with van der Waals surface area (Å²) >= 11 is 2.38. The molecule has 0 radical (unpaired) electrons. The first-order valence-corrected chi connectivity index (χ1v) is 7.34. The second-order valence-electron chi connectivity index (χ2n) is 4.15. The van der Waals surface area contributed by atoms with Gasteiger partial charge in [-0.15, -0.1) is 0 Å². The summed E-state index contributed by atoms with van der Waals surface area (Å²) in [4.78, 5) is 0. The van der Waals surface area contributed by atoms with E-state index in [0.717, 1.165) is 12.2 Å². The summed E-state index contributed by atoms with van der Waals surface area (Å²) in [5.41, 5.74) is 0. The van der Waals surface area contributed by atoms with Gasteiger partial charge < -0.3 is 4.74 Å². The van der Waals surface area contributed by atoms with Gasteiger partial charge in [-0.25, -0.2) is 0 Å². The van der Waals surface area contributed by atoms with Gasteiger partial charge in [0.25, 0.3) is 0 Å². The van der Waals surface area contributed by atoms with Crippen molar-refractivity contribution >= 4 is 33.4 Å². The second-order valence-corrected chi connectivity index (χ2v) is 5.54. The molecule has 0 saturated heterocycles. The molecule has 1 unspecified atom stereocenters. The maximum absolute atomic E-state index is 6.02. The summed E-state index contributed by atoms with van der Waals surface area (Å²) < 4.78 is 6.28. The van der Waals surface area contributed by atoms with Crippen molar-refractivity contribution in [2.45, 2.75) is 30.3 Å². The van der Waals surface area contributed by atoms with Gasteiger partial charge in [0.15, 0.2) is 0 Å². The Morgan fingerprint density at radius 3 is 2.71 bits per heavy atom. The minimum atomic E-state index is 0.262. The predicted octanol–water partition coefficient (Wildman–Crippen LogP) is 5.17. The summed E-state index contributed by atoms with van der Waals surface area (Å²) in [7, 11) is 0. The van der Waals surface area contributed by atoms with E-state index in [9.17, 15) is 0 Å². The molecule has 0 amide bonds. The number of hydrogen-bond acceptors (Lipinski definition) is 1. The number of alkyl halides is 1. The average molecular weight is 340 g/mol. The van der Waals surface area contributed by atoms with Gasteiger partial charge in [-0.05, 0) is 46.9 Å². The second kappa shape index (κ2) is 6.24. The van der Waals surface area contributed by atoms with Crippen molar-refractivity contribution in [3.63, 3.8) is 0 Å². The van der Waals surface area contributed by atoms with Crippen LogP contribution in [0.5, 0.6) is 5.75 Å². The van der Waals surface area contributed by atoms with E-state index in [-0.39, 0.29) is 4.11 Å². The molecule has 1 atom stereocenters. The number of rotatable bonds is 5. The molecular formula is C15H17IO. The van der Waals surface area contributed by atoms with Crippen LogP contribution in [0.15, 0.2) is 42.5 Å². The molecule has 0 bridgehead atoms. The molecule has 0 aromatic heterocycles. The Bertz CT molecular complexity index is 476. The fourth-order valence-electron chi connectivity index (χ4n) is 1.86. The summed E-state index contributed by atoms with van der Waals surface area (Å²) in [6, 6.07) is 14.6. The standard InChI is InChI=1S/C15H17IO/c1-2-3-11-15(16)17-14-10-6-8-12-7-4-5-9-13(12)14/h4-10,15H,2-3,11H2,1H3. The molecule has 0 fully saturated rings. The normalized spacial score (nSPS) is 12.6. The molecule has 2 aromatic carbocycles. The van der Waals surface area contributed by atoms with Gasteiger partial charge in [0, 0.05) is 5.39 Å². The fourth-order valence-corrected chi connectivity index (χ4v) is 2.57. The highest BCUT2D eigenvalue weighted by molar-refractivity contribution is 14.1. The third kappa shape index (κ3) is 3.35. The molecule has 2 rings (SSSR count). The van der Waals surface area contributed by atoms with Crippen molar-refractivity contribution < 1.29 is 4.74 Å². The molecule has 2 aromatic rings. The zero-order valence-electron chi connectivity index (χ0n) is 10.0. The summed E-state index contributed by atoms with van der Waals surface area (Å²) in [6.07, 6.45) is 3.55. The topological polar surface area (TPSA) is 9.23 Å². The Balaban J connectivity index is 2.18. The van der Waals surface area contributed by atoms with Crippen molar-refractivity contribution in [1.82, 2.24) is 0 Å². The lowest BCUT2D eigenvalue weighted by Gasteiger charge is -2.14. The number of fused-ring (bicyclic) bond motifs is 1. The Morgan fingerprint density at radius 1 is 1.12 bits per heavy atom. The number of benzene rings is 2. The van der Waals surface area contributed by atoms with E-state index in [1.807, 2.05) is 0 Å². The van der Waals surface area contributed by atoms with Crippen LogP contribution in [0.3, 0.4) is 0 Å². The van der Waals surface area contributed by atoms with Gasteiger partial charge >= 0.3 is 0 Å². The molecule has 90 valence electrons. The molecule has 1 nitrogen and oxygen atoms in total. The van der Waals surface area contributed by atoms with Crippen LogP contribution < -0.4 is 4.74 Å².